The Morgan fingerprint density at radius 1 is 1.26 bits per heavy atom. The van der Waals surface area contributed by atoms with Gasteiger partial charge < -0.3 is 5.73 Å². The van der Waals surface area contributed by atoms with Crippen LogP contribution in [0.15, 0.2) is 11.0 Å². The van der Waals surface area contributed by atoms with E-state index in [9.17, 15) is 12.8 Å². The van der Waals surface area contributed by atoms with Gasteiger partial charge in [0.15, 0.2) is 0 Å². The number of halogens is 1. The minimum absolute atomic E-state index is 0.0684. The highest BCUT2D eigenvalue weighted by molar-refractivity contribution is 7.89. The molecule has 3 N–H and O–H groups in total. The first-order valence-electron chi connectivity index (χ1n) is 6.15. The molecule has 0 aromatic heterocycles. The van der Waals surface area contributed by atoms with Crippen LogP contribution in [0.5, 0.6) is 0 Å². The summed E-state index contributed by atoms with van der Waals surface area (Å²) < 4.78 is 40.8. The summed E-state index contributed by atoms with van der Waals surface area (Å²) in [5.41, 5.74) is 6.05. The van der Waals surface area contributed by atoms with Crippen molar-refractivity contribution in [1.82, 2.24) is 4.72 Å². The molecule has 1 atom stereocenters. The van der Waals surface area contributed by atoms with Crippen LogP contribution in [-0.4, -0.2) is 14.5 Å². The van der Waals surface area contributed by atoms with Crippen molar-refractivity contribution >= 4 is 15.7 Å². The van der Waals surface area contributed by atoms with Gasteiger partial charge in [-0.25, -0.2) is 17.5 Å². The lowest BCUT2D eigenvalue weighted by Crippen LogP contribution is -2.36. The van der Waals surface area contributed by atoms with E-state index in [0.29, 0.717) is 5.56 Å². The fourth-order valence-corrected chi connectivity index (χ4v) is 3.66. The molecule has 1 rings (SSSR count). The normalized spacial score (nSPS) is 13.8. The average molecular weight is 288 g/mol. The molecular weight excluding hydrogens is 267 g/mol. The first kappa shape index (κ1) is 15.9. The van der Waals surface area contributed by atoms with E-state index < -0.39 is 15.8 Å². The number of sulfonamides is 1. The molecular formula is C13H21FN2O2S. The molecule has 0 aliphatic carbocycles. The predicted octanol–water partition coefficient (Wildman–Crippen LogP) is 2.35. The standard InChI is InChI=1S/C13H21FN2O2S/c1-7(2)10(5)16-19(17,18)13-8(3)6-11(14)12(15)9(13)4/h6-7,10,16H,15H2,1-5H3. The van der Waals surface area contributed by atoms with Crippen molar-refractivity contribution < 1.29 is 12.8 Å². The van der Waals surface area contributed by atoms with Gasteiger partial charge >= 0.3 is 0 Å². The molecule has 1 aromatic rings. The molecule has 0 amide bonds. The van der Waals surface area contributed by atoms with Crippen LogP contribution in [0.25, 0.3) is 0 Å². The maximum atomic E-state index is 13.5. The summed E-state index contributed by atoms with van der Waals surface area (Å²) in [7, 11) is -3.70. The summed E-state index contributed by atoms with van der Waals surface area (Å²) in [6, 6.07) is 0.937. The van der Waals surface area contributed by atoms with E-state index in [-0.39, 0.29) is 28.1 Å². The van der Waals surface area contributed by atoms with E-state index in [1.54, 1.807) is 13.8 Å². The van der Waals surface area contributed by atoms with Gasteiger partial charge in [-0.15, -0.1) is 0 Å². The van der Waals surface area contributed by atoms with Crippen LogP contribution >= 0.6 is 0 Å². The first-order chi connectivity index (χ1) is 8.58. The average Bonchev–Trinajstić information content (AvgIpc) is 2.24. The Morgan fingerprint density at radius 2 is 1.79 bits per heavy atom. The van der Waals surface area contributed by atoms with Gasteiger partial charge in [-0.1, -0.05) is 13.8 Å². The summed E-state index contributed by atoms with van der Waals surface area (Å²) >= 11 is 0. The smallest absolute Gasteiger partial charge is 0.241 e. The number of rotatable bonds is 4. The van der Waals surface area contributed by atoms with E-state index in [2.05, 4.69) is 4.72 Å². The molecule has 1 aromatic carbocycles. The fraction of sp³-hybridized carbons (Fsp3) is 0.538. The van der Waals surface area contributed by atoms with E-state index in [1.807, 2.05) is 13.8 Å². The Bertz CT molecular complexity index is 583. The Balaban J connectivity index is 3.34. The molecule has 0 saturated carbocycles. The van der Waals surface area contributed by atoms with Crippen LogP contribution in [0.3, 0.4) is 0 Å². The van der Waals surface area contributed by atoms with E-state index in [4.69, 9.17) is 5.73 Å². The monoisotopic (exact) mass is 288 g/mol. The van der Waals surface area contributed by atoms with Crippen molar-refractivity contribution in [3.63, 3.8) is 0 Å². The van der Waals surface area contributed by atoms with Gasteiger partial charge in [0.05, 0.1) is 10.6 Å². The SMILES string of the molecule is Cc1cc(F)c(N)c(C)c1S(=O)(=O)NC(C)C(C)C. The summed E-state index contributed by atoms with van der Waals surface area (Å²) in [6.45, 7) is 8.71. The number of aryl methyl sites for hydroxylation is 1. The number of hydrogen-bond donors (Lipinski definition) is 2. The highest BCUT2D eigenvalue weighted by Crippen LogP contribution is 2.27. The topological polar surface area (TPSA) is 72.2 Å². The van der Waals surface area contributed by atoms with Gasteiger partial charge in [0, 0.05) is 6.04 Å². The molecule has 4 nitrogen and oxygen atoms in total. The van der Waals surface area contributed by atoms with Crippen LogP contribution in [0.1, 0.15) is 31.9 Å². The zero-order chi connectivity index (χ0) is 15.0. The molecule has 0 bridgehead atoms. The second-order valence-electron chi connectivity index (χ2n) is 5.20. The van der Waals surface area contributed by atoms with Gasteiger partial charge in [0.2, 0.25) is 10.0 Å². The third kappa shape index (κ3) is 3.25. The summed E-state index contributed by atoms with van der Waals surface area (Å²) in [5, 5.41) is 0. The second-order valence-corrected chi connectivity index (χ2v) is 6.85. The van der Waals surface area contributed by atoms with Crippen molar-refractivity contribution in [1.29, 1.82) is 0 Å². The van der Waals surface area contributed by atoms with Crippen molar-refractivity contribution in [2.75, 3.05) is 5.73 Å². The van der Waals surface area contributed by atoms with Crippen molar-refractivity contribution in [3.05, 3.63) is 23.0 Å². The summed E-state index contributed by atoms with van der Waals surface area (Å²) in [4.78, 5) is 0.0684. The number of nitrogens with one attached hydrogen (secondary N) is 1. The minimum Gasteiger partial charge on any atom is -0.396 e. The predicted molar refractivity (Wildman–Crippen MR) is 74.9 cm³/mol. The van der Waals surface area contributed by atoms with E-state index in [1.165, 1.54) is 6.92 Å². The van der Waals surface area contributed by atoms with Gasteiger partial charge in [0.25, 0.3) is 0 Å². The molecule has 0 heterocycles. The van der Waals surface area contributed by atoms with Gasteiger partial charge in [-0.3, -0.25) is 0 Å². The van der Waals surface area contributed by atoms with Crippen molar-refractivity contribution in [2.45, 2.75) is 45.6 Å². The van der Waals surface area contributed by atoms with Gasteiger partial charge in [-0.2, -0.15) is 0 Å². The molecule has 0 aliphatic heterocycles. The van der Waals surface area contributed by atoms with Crippen molar-refractivity contribution in [2.24, 2.45) is 5.92 Å². The lowest BCUT2D eigenvalue weighted by atomic mass is 10.1. The Kier molecular flexibility index (Phi) is 4.58. The molecule has 108 valence electrons. The zero-order valence-electron chi connectivity index (χ0n) is 11.9. The van der Waals surface area contributed by atoms with Crippen molar-refractivity contribution in [3.8, 4) is 0 Å². The lowest BCUT2D eigenvalue weighted by molar-refractivity contribution is 0.476. The quantitative estimate of drug-likeness (QED) is 0.835. The maximum Gasteiger partial charge on any atom is 0.241 e. The zero-order valence-corrected chi connectivity index (χ0v) is 12.7. The van der Waals surface area contributed by atoms with Crippen LogP contribution in [-0.2, 0) is 10.0 Å². The molecule has 19 heavy (non-hydrogen) atoms. The largest absolute Gasteiger partial charge is 0.396 e. The van der Waals surface area contributed by atoms with Crippen LogP contribution in [0.2, 0.25) is 0 Å². The maximum absolute atomic E-state index is 13.5. The van der Waals surface area contributed by atoms with Gasteiger partial charge in [-0.05, 0) is 43.9 Å². The first-order valence-corrected chi connectivity index (χ1v) is 7.63. The molecule has 0 radical (unpaired) electrons. The number of anilines is 1. The Labute approximate surface area is 114 Å². The molecule has 6 heteroatoms. The molecule has 0 fully saturated rings. The summed E-state index contributed by atoms with van der Waals surface area (Å²) in [6.07, 6.45) is 0. The van der Waals surface area contributed by atoms with E-state index in [0.717, 1.165) is 6.07 Å². The summed E-state index contributed by atoms with van der Waals surface area (Å²) in [5.74, 6) is -0.431. The number of nitrogen functional groups attached to an aromatic ring is 1. The second kappa shape index (κ2) is 5.46. The molecule has 0 aliphatic rings. The third-order valence-electron chi connectivity index (χ3n) is 3.31. The van der Waals surface area contributed by atoms with E-state index >= 15 is 0 Å². The molecule has 0 saturated heterocycles. The van der Waals surface area contributed by atoms with Crippen LogP contribution < -0.4 is 10.5 Å². The Morgan fingerprint density at radius 3 is 2.26 bits per heavy atom. The fourth-order valence-electron chi connectivity index (χ4n) is 1.78. The Hall–Kier alpha value is -1.14. The molecule has 0 spiro atoms. The van der Waals surface area contributed by atoms with Crippen LogP contribution in [0, 0.1) is 25.6 Å². The number of nitrogens with two attached hydrogens (primary N) is 1. The highest BCUT2D eigenvalue weighted by atomic mass is 32.2. The highest BCUT2D eigenvalue weighted by Gasteiger charge is 2.25. The van der Waals surface area contributed by atoms with Gasteiger partial charge in [0.1, 0.15) is 5.82 Å². The molecule has 1 unspecified atom stereocenters. The van der Waals surface area contributed by atoms with Crippen LogP contribution in [0.4, 0.5) is 10.1 Å². The number of benzene rings is 1. The minimum atomic E-state index is -3.70. The third-order valence-corrected chi connectivity index (χ3v) is 5.16. The lowest BCUT2D eigenvalue weighted by Gasteiger charge is -2.20. The number of hydrogen-bond acceptors (Lipinski definition) is 3.